The van der Waals surface area contributed by atoms with Crippen LogP contribution in [0.4, 0.5) is 0 Å². The third-order valence-electron chi connectivity index (χ3n) is 5.85. The van der Waals surface area contributed by atoms with Crippen molar-refractivity contribution < 1.29 is 0 Å². The highest BCUT2D eigenvalue weighted by Crippen LogP contribution is 2.32. The molecule has 0 spiro atoms. The molecule has 0 amide bonds. The van der Waals surface area contributed by atoms with Gasteiger partial charge in [-0.1, -0.05) is 82.2 Å². The molecule has 136 valence electrons. The van der Waals surface area contributed by atoms with Crippen LogP contribution in [0.25, 0.3) is 11.1 Å². The summed E-state index contributed by atoms with van der Waals surface area (Å²) in [4.78, 5) is 0. The molecule has 3 rings (SSSR count). The zero-order chi connectivity index (χ0) is 18.2. The second-order valence-corrected chi connectivity index (χ2v) is 7.84. The van der Waals surface area contributed by atoms with E-state index in [-0.39, 0.29) is 0 Å². The molecule has 0 saturated heterocycles. The van der Waals surface area contributed by atoms with Gasteiger partial charge < -0.3 is 0 Å². The van der Waals surface area contributed by atoms with Gasteiger partial charge in [0, 0.05) is 0 Å². The minimum atomic E-state index is 0.726. The number of aryl methyl sites for hydroxylation is 1. The largest absolute Gasteiger partial charge is 0.192 e. The van der Waals surface area contributed by atoms with Gasteiger partial charge >= 0.3 is 0 Å². The zero-order valence-electron chi connectivity index (χ0n) is 16.1. The third kappa shape index (κ3) is 4.98. The van der Waals surface area contributed by atoms with Crippen LogP contribution in [0.15, 0.2) is 42.5 Å². The predicted molar refractivity (Wildman–Crippen MR) is 110 cm³/mol. The van der Waals surface area contributed by atoms with E-state index in [0.29, 0.717) is 0 Å². The van der Waals surface area contributed by atoms with Crippen LogP contribution in [0.2, 0.25) is 0 Å². The number of hydrogen-bond acceptors (Lipinski definition) is 1. The highest BCUT2D eigenvalue weighted by Gasteiger charge is 2.18. The van der Waals surface area contributed by atoms with Crippen molar-refractivity contribution in [1.29, 1.82) is 5.26 Å². The van der Waals surface area contributed by atoms with Gasteiger partial charge in [0.2, 0.25) is 0 Å². The normalized spacial score (nSPS) is 16.1. The highest BCUT2D eigenvalue weighted by atomic mass is 14.2. The van der Waals surface area contributed by atoms with E-state index in [1.165, 1.54) is 80.9 Å². The van der Waals surface area contributed by atoms with E-state index in [4.69, 9.17) is 5.26 Å². The topological polar surface area (TPSA) is 23.8 Å². The minimum Gasteiger partial charge on any atom is -0.192 e. The maximum atomic E-state index is 8.95. The van der Waals surface area contributed by atoms with Crippen LogP contribution in [-0.2, 0) is 12.8 Å². The van der Waals surface area contributed by atoms with E-state index in [1.807, 2.05) is 12.1 Å². The summed E-state index contributed by atoms with van der Waals surface area (Å²) < 4.78 is 0. The van der Waals surface area contributed by atoms with Crippen molar-refractivity contribution in [3.63, 3.8) is 0 Å². The molecule has 0 fully saturated rings. The van der Waals surface area contributed by atoms with Gasteiger partial charge in [0.25, 0.3) is 0 Å². The Morgan fingerprint density at radius 2 is 1.62 bits per heavy atom. The zero-order valence-corrected chi connectivity index (χ0v) is 16.1. The molecule has 2 aromatic carbocycles. The van der Waals surface area contributed by atoms with Crippen molar-refractivity contribution in [2.24, 2.45) is 5.92 Å². The summed E-state index contributed by atoms with van der Waals surface area (Å²) in [6.45, 7) is 2.28. The fourth-order valence-corrected chi connectivity index (χ4v) is 4.21. The van der Waals surface area contributed by atoms with Crippen molar-refractivity contribution >= 4 is 0 Å². The summed E-state index contributed by atoms with van der Waals surface area (Å²) in [5.41, 5.74) is 6.31. The Bertz CT molecular complexity index is 736. The maximum Gasteiger partial charge on any atom is 0.0991 e. The molecule has 1 aliphatic rings. The second-order valence-electron chi connectivity index (χ2n) is 7.84. The molecule has 1 aliphatic carbocycles. The van der Waals surface area contributed by atoms with Gasteiger partial charge in [0.05, 0.1) is 11.6 Å². The number of nitriles is 1. The Morgan fingerprint density at radius 3 is 2.38 bits per heavy atom. The fourth-order valence-electron chi connectivity index (χ4n) is 4.21. The molecule has 1 unspecified atom stereocenters. The standard InChI is InChI=1S/C25H31N/c1-2-3-4-5-6-7-8-20-9-14-25-18-24(16-15-23(25)17-20)22-12-10-21(19-26)11-13-22/h10-13,15-16,18,20H,2-9,14,17H2,1H3. The second kappa shape index (κ2) is 9.58. The quantitative estimate of drug-likeness (QED) is 0.469. The molecule has 26 heavy (non-hydrogen) atoms. The molecule has 0 aliphatic heterocycles. The lowest BCUT2D eigenvalue weighted by Crippen LogP contribution is -2.14. The molecule has 2 aromatic rings. The first-order valence-electron chi connectivity index (χ1n) is 10.4. The Hall–Kier alpha value is -2.07. The smallest absolute Gasteiger partial charge is 0.0991 e. The first-order valence-corrected chi connectivity index (χ1v) is 10.4. The van der Waals surface area contributed by atoms with E-state index in [9.17, 15) is 0 Å². The Morgan fingerprint density at radius 1 is 0.885 bits per heavy atom. The number of hydrogen-bond donors (Lipinski definition) is 0. The average molecular weight is 346 g/mol. The molecule has 0 N–H and O–H groups in total. The van der Waals surface area contributed by atoms with Gasteiger partial charge in [-0.15, -0.1) is 0 Å². The van der Waals surface area contributed by atoms with Gasteiger partial charge in [-0.05, 0) is 59.6 Å². The Kier molecular flexibility index (Phi) is 6.89. The van der Waals surface area contributed by atoms with Crippen LogP contribution in [0.1, 0.15) is 75.0 Å². The Balaban J connectivity index is 1.54. The summed E-state index contributed by atoms with van der Waals surface area (Å²) in [5, 5.41) is 8.95. The number of benzene rings is 2. The molecule has 0 radical (unpaired) electrons. The van der Waals surface area contributed by atoms with Gasteiger partial charge in [-0.3, -0.25) is 0 Å². The third-order valence-corrected chi connectivity index (χ3v) is 5.85. The lowest BCUT2D eigenvalue weighted by Gasteiger charge is -2.25. The molecule has 0 bridgehead atoms. The molecule has 0 aromatic heterocycles. The van der Waals surface area contributed by atoms with Crippen LogP contribution in [0.3, 0.4) is 0 Å². The van der Waals surface area contributed by atoms with Gasteiger partial charge in [-0.25, -0.2) is 0 Å². The van der Waals surface area contributed by atoms with Crippen LogP contribution in [0.5, 0.6) is 0 Å². The summed E-state index contributed by atoms with van der Waals surface area (Å²) in [7, 11) is 0. The van der Waals surface area contributed by atoms with Crippen LogP contribution < -0.4 is 0 Å². The van der Waals surface area contributed by atoms with E-state index in [2.05, 4.69) is 43.3 Å². The number of unbranched alkanes of at least 4 members (excludes halogenated alkanes) is 5. The molecule has 1 heteroatoms. The lowest BCUT2D eigenvalue weighted by atomic mass is 9.80. The Labute approximate surface area is 159 Å². The first-order chi connectivity index (χ1) is 12.8. The predicted octanol–water partition coefficient (Wildman–Crippen LogP) is 7.08. The van der Waals surface area contributed by atoms with Crippen molar-refractivity contribution in [2.75, 3.05) is 0 Å². The lowest BCUT2D eigenvalue weighted by molar-refractivity contribution is 0.404. The van der Waals surface area contributed by atoms with Crippen molar-refractivity contribution in [3.8, 4) is 17.2 Å². The summed E-state index contributed by atoms with van der Waals surface area (Å²) in [5.74, 6) is 0.884. The number of nitrogens with zero attached hydrogens (tertiary/aromatic N) is 1. The molecule has 0 saturated carbocycles. The van der Waals surface area contributed by atoms with Gasteiger partial charge in [0.1, 0.15) is 0 Å². The van der Waals surface area contributed by atoms with Crippen LogP contribution >= 0.6 is 0 Å². The van der Waals surface area contributed by atoms with Gasteiger partial charge in [0.15, 0.2) is 0 Å². The monoisotopic (exact) mass is 345 g/mol. The average Bonchev–Trinajstić information content (AvgIpc) is 2.70. The number of fused-ring (bicyclic) bond motifs is 1. The maximum absolute atomic E-state index is 8.95. The van der Waals surface area contributed by atoms with E-state index < -0.39 is 0 Å². The summed E-state index contributed by atoms with van der Waals surface area (Å²) >= 11 is 0. The SMILES string of the molecule is CCCCCCCCC1CCc2cc(-c3ccc(C#N)cc3)ccc2C1. The van der Waals surface area contributed by atoms with Crippen molar-refractivity contribution in [1.82, 2.24) is 0 Å². The van der Waals surface area contributed by atoms with Crippen LogP contribution in [-0.4, -0.2) is 0 Å². The highest BCUT2D eigenvalue weighted by molar-refractivity contribution is 5.66. The molecule has 0 heterocycles. The molecule has 1 atom stereocenters. The first kappa shape index (κ1) is 18.7. The van der Waals surface area contributed by atoms with Gasteiger partial charge in [-0.2, -0.15) is 5.26 Å². The summed E-state index contributed by atoms with van der Waals surface area (Å²) in [6, 6.07) is 17.1. The molecular formula is C25H31N. The van der Waals surface area contributed by atoms with E-state index in [0.717, 1.165) is 11.5 Å². The molecular weight excluding hydrogens is 314 g/mol. The molecule has 1 nitrogen and oxygen atoms in total. The number of rotatable bonds is 8. The van der Waals surface area contributed by atoms with Crippen LogP contribution in [0, 0.1) is 17.2 Å². The minimum absolute atomic E-state index is 0.726. The van der Waals surface area contributed by atoms with E-state index in [1.54, 1.807) is 5.56 Å². The van der Waals surface area contributed by atoms with Crippen molar-refractivity contribution in [2.45, 2.75) is 71.1 Å². The summed E-state index contributed by atoms with van der Waals surface area (Å²) in [6.07, 6.45) is 13.6. The fraction of sp³-hybridized carbons (Fsp3) is 0.480. The van der Waals surface area contributed by atoms with Crippen molar-refractivity contribution in [3.05, 3.63) is 59.2 Å². The van der Waals surface area contributed by atoms with E-state index >= 15 is 0 Å².